The summed E-state index contributed by atoms with van der Waals surface area (Å²) < 4.78 is 20.5. The molecule has 1 aliphatic carbocycles. The van der Waals surface area contributed by atoms with Crippen LogP contribution in [0, 0.1) is 5.82 Å². The Morgan fingerprint density at radius 2 is 2.32 bits per heavy atom. The maximum Gasteiger partial charge on any atom is 0.144 e. The van der Waals surface area contributed by atoms with Crippen molar-refractivity contribution >= 4 is 5.69 Å². The van der Waals surface area contributed by atoms with Gasteiger partial charge in [0.25, 0.3) is 0 Å². The monoisotopic (exact) mass is 261 g/mol. The van der Waals surface area contributed by atoms with E-state index in [4.69, 9.17) is 4.74 Å². The maximum absolute atomic E-state index is 13.1. The zero-order valence-electron chi connectivity index (χ0n) is 10.8. The van der Waals surface area contributed by atoms with Gasteiger partial charge in [0.1, 0.15) is 11.6 Å². The van der Waals surface area contributed by atoms with E-state index in [0.29, 0.717) is 18.3 Å². The number of anilines is 1. The highest BCUT2D eigenvalue weighted by Gasteiger charge is 2.25. The molecule has 0 radical (unpaired) electrons. The lowest BCUT2D eigenvalue weighted by atomic mass is 10.2. The minimum absolute atomic E-state index is 0.301. The molecule has 4 nitrogen and oxygen atoms in total. The summed E-state index contributed by atoms with van der Waals surface area (Å²) in [6.45, 7) is 0.651. The van der Waals surface area contributed by atoms with Gasteiger partial charge in [-0.05, 0) is 25.0 Å². The van der Waals surface area contributed by atoms with Crippen LogP contribution in [0.5, 0.6) is 5.75 Å². The van der Waals surface area contributed by atoms with Crippen molar-refractivity contribution in [2.24, 2.45) is 0 Å². The molecule has 3 rings (SSSR count). The summed E-state index contributed by atoms with van der Waals surface area (Å²) in [7, 11) is 1.54. The predicted octanol–water partition coefficient (Wildman–Crippen LogP) is 2.98. The summed E-state index contributed by atoms with van der Waals surface area (Å²) in [5, 5.41) is 3.26. The largest absolute Gasteiger partial charge is 0.494 e. The Hall–Kier alpha value is -2.04. The van der Waals surface area contributed by atoms with Gasteiger partial charge in [-0.1, -0.05) is 0 Å². The second-order valence-electron chi connectivity index (χ2n) is 4.72. The molecule has 0 bridgehead atoms. The highest BCUT2D eigenvalue weighted by Crippen LogP contribution is 2.36. The molecule has 1 heterocycles. The highest BCUT2D eigenvalue weighted by atomic mass is 19.1. The van der Waals surface area contributed by atoms with Crippen molar-refractivity contribution in [2.75, 3.05) is 12.4 Å². The fourth-order valence-corrected chi connectivity index (χ4v) is 2.15. The molecule has 5 heteroatoms. The summed E-state index contributed by atoms with van der Waals surface area (Å²) in [6, 6.07) is 5.09. The van der Waals surface area contributed by atoms with Crippen LogP contribution in [0.4, 0.5) is 10.1 Å². The Bertz CT molecular complexity index is 578. The van der Waals surface area contributed by atoms with E-state index in [0.717, 1.165) is 11.4 Å². The van der Waals surface area contributed by atoms with E-state index in [9.17, 15) is 4.39 Å². The number of benzene rings is 1. The Balaban J connectivity index is 1.73. The summed E-state index contributed by atoms with van der Waals surface area (Å²) >= 11 is 0. The fourth-order valence-electron chi connectivity index (χ4n) is 2.15. The van der Waals surface area contributed by atoms with E-state index in [1.807, 2.05) is 12.5 Å². The van der Waals surface area contributed by atoms with Crippen molar-refractivity contribution < 1.29 is 9.13 Å². The van der Waals surface area contributed by atoms with Gasteiger partial charge in [-0.15, -0.1) is 0 Å². The minimum Gasteiger partial charge on any atom is -0.494 e. The van der Waals surface area contributed by atoms with Crippen molar-refractivity contribution in [1.82, 2.24) is 9.55 Å². The van der Waals surface area contributed by atoms with E-state index >= 15 is 0 Å². The Morgan fingerprint density at radius 3 is 3.05 bits per heavy atom. The number of nitrogens with one attached hydrogen (secondary N) is 1. The first kappa shape index (κ1) is 12.0. The molecule has 1 aromatic heterocycles. The van der Waals surface area contributed by atoms with Crippen molar-refractivity contribution in [2.45, 2.75) is 25.4 Å². The second kappa shape index (κ2) is 4.91. The van der Waals surface area contributed by atoms with Gasteiger partial charge < -0.3 is 14.6 Å². The fraction of sp³-hybridized carbons (Fsp3) is 0.357. The average Bonchev–Trinajstić information content (AvgIpc) is 3.16. The third-order valence-electron chi connectivity index (χ3n) is 3.31. The molecule has 1 fully saturated rings. The van der Waals surface area contributed by atoms with Crippen LogP contribution in [-0.4, -0.2) is 16.7 Å². The van der Waals surface area contributed by atoms with Crippen LogP contribution in [-0.2, 0) is 6.54 Å². The molecular formula is C14H16FN3O. The van der Waals surface area contributed by atoms with E-state index in [1.54, 1.807) is 6.07 Å². The highest BCUT2D eigenvalue weighted by molar-refractivity contribution is 5.56. The van der Waals surface area contributed by atoms with Gasteiger partial charge in [-0.2, -0.15) is 0 Å². The van der Waals surface area contributed by atoms with E-state index in [-0.39, 0.29) is 5.82 Å². The Kier molecular flexibility index (Phi) is 3.11. The SMILES string of the molecule is COc1cc(F)ccc1NCc1cncn1C1CC1. The molecule has 1 aliphatic rings. The lowest BCUT2D eigenvalue weighted by Crippen LogP contribution is -2.06. The van der Waals surface area contributed by atoms with Crippen LogP contribution in [0.2, 0.25) is 0 Å². The average molecular weight is 261 g/mol. The molecular weight excluding hydrogens is 245 g/mol. The predicted molar refractivity (Wildman–Crippen MR) is 70.8 cm³/mol. The van der Waals surface area contributed by atoms with Crippen LogP contribution >= 0.6 is 0 Å². The first-order valence-electron chi connectivity index (χ1n) is 6.36. The third-order valence-corrected chi connectivity index (χ3v) is 3.31. The zero-order chi connectivity index (χ0) is 13.2. The molecule has 0 amide bonds. The molecule has 0 saturated heterocycles. The lowest BCUT2D eigenvalue weighted by molar-refractivity contribution is 0.413. The quantitative estimate of drug-likeness (QED) is 0.899. The third kappa shape index (κ3) is 2.54. The van der Waals surface area contributed by atoms with Gasteiger partial charge in [0, 0.05) is 18.3 Å². The molecule has 0 atom stereocenters. The van der Waals surface area contributed by atoms with Gasteiger partial charge in [0.05, 0.1) is 31.4 Å². The summed E-state index contributed by atoms with van der Waals surface area (Å²) in [5.74, 6) is 0.211. The van der Waals surface area contributed by atoms with Gasteiger partial charge >= 0.3 is 0 Å². The van der Waals surface area contributed by atoms with E-state index in [2.05, 4.69) is 14.9 Å². The minimum atomic E-state index is -0.301. The van der Waals surface area contributed by atoms with Crippen molar-refractivity contribution in [3.63, 3.8) is 0 Å². The first-order valence-corrected chi connectivity index (χ1v) is 6.36. The molecule has 100 valence electrons. The number of methoxy groups -OCH3 is 1. The van der Waals surface area contributed by atoms with Gasteiger partial charge in [-0.25, -0.2) is 9.37 Å². The molecule has 0 spiro atoms. The van der Waals surface area contributed by atoms with Gasteiger partial charge in [0.15, 0.2) is 0 Å². The number of nitrogens with zero attached hydrogens (tertiary/aromatic N) is 2. The number of halogens is 1. The van der Waals surface area contributed by atoms with Gasteiger partial charge in [-0.3, -0.25) is 0 Å². The summed E-state index contributed by atoms with van der Waals surface area (Å²) in [4.78, 5) is 4.18. The maximum atomic E-state index is 13.1. The van der Waals surface area contributed by atoms with Crippen LogP contribution in [0.1, 0.15) is 24.6 Å². The number of aromatic nitrogens is 2. The molecule has 0 aliphatic heterocycles. The lowest BCUT2D eigenvalue weighted by Gasteiger charge is -2.12. The van der Waals surface area contributed by atoms with Crippen LogP contribution < -0.4 is 10.1 Å². The zero-order valence-corrected chi connectivity index (χ0v) is 10.8. The van der Waals surface area contributed by atoms with Crippen LogP contribution in [0.3, 0.4) is 0 Å². The summed E-state index contributed by atoms with van der Waals surface area (Å²) in [5.41, 5.74) is 1.92. The van der Waals surface area contributed by atoms with Crippen LogP contribution in [0.15, 0.2) is 30.7 Å². The molecule has 19 heavy (non-hydrogen) atoms. The second-order valence-corrected chi connectivity index (χ2v) is 4.72. The smallest absolute Gasteiger partial charge is 0.144 e. The number of ether oxygens (including phenoxy) is 1. The molecule has 0 unspecified atom stereocenters. The Morgan fingerprint density at radius 1 is 1.47 bits per heavy atom. The standard InChI is InChI=1S/C14H16FN3O/c1-19-14-6-10(15)2-5-13(14)17-8-12-7-16-9-18(12)11-3-4-11/h2,5-7,9,11,17H,3-4,8H2,1H3. The van der Waals surface area contributed by atoms with Gasteiger partial charge in [0.2, 0.25) is 0 Å². The molecule has 1 saturated carbocycles. The normalized spacial score (nSPS) is 14.4. The topological polar surface area (TPSA) is 39.1 Å². The Labute approximate surface area is 111 Å². The van der Waals surface area contributed by atoms with E-state index < -0.39 is 0 Å². The summed E-state index contributed by atoms with van der Waals surface area (Å²) in [6.07, 6.45) is 6.18. The molecule has 1 aromatic carbocycles. The number of hydrogen-bond donors (Lipinski definition) is 1. The number of imidazole rings is 1. The van der Waals surface area contributed by atoms with Crippen molar-refractivity contribution in [1.29, 1.82) is 0 Å². The molecule has 2 aromatic rings. The number of rotatable bonds is 5. The van der Waals surface area contributed by atoms with Crippen LogP contribution in [0.25, 0.3) is 0 Å². The molecule has 1 N–H and O–H groups in total. The van der Waals surface area contributed by atoms with Crippen molar-refractivity contribution in [3.05, 3.63) is 42.2 Å². The first-order chi connectivity index (χ1) is 9.28. The van der Waals surface area contributed by atoms with Crippen molar-refractivity contribution in [3.8, 4) is 5.75 Å². The number of hydrogen-bond acceptors (Lipinski definition) is 3. The van der Waals surface area contributed by atoms with E-state index in [1.165, 1.54) is 32.1 Å².